The van der Waals surface area contributed by atoms with Gasteiger partial charge in [-0.3, -0.25) is 9.59 Å². The van der Waals surface area contributed by atoms with Crippen LogP contribution >= 0.6 is 34.8 Å². The normalized spacial score (nSPS) is 11.8. The van der Waals surface area contributed by atoms with Gasteiger partial charge in [-0.05, 0) is 42.7 Å². The molecule has 2 amide bonds. The van der Waals surface area contributed by atoms with Crippen LogP contribution in [0, 0.1) is 0 Å². The van der Waals surface area contributed by atoms with Crippen molar-refractivity contribution in [3.63, 3.8) is 0 Å². The summed E-state index contributed by atoms with van der Waals surface area (Å²) in [6.45, 7) is 4.55. The summed E-state index contributed by atoms with van der Waals surface area (Å²) in [5, 5.41) is 4.27. The lowest BCUT2D eigenvalue weighted by atomic mass is 10.1. The van der Waals surface area contributed by atoms with Crippen molar-refractivity contribution in [2.24, 2.45) is 0 Å². The van der Waals surface area contributed by atoms with Crippen LogP contribution in [0.2, 0.25) is 15.1 Å². The predicted molar refractivity (Wildman–Crippen MR) is 120 cm³/mol. The van der Waals surface area contributed by atoms with E-state index < -0.39 is 6.04 Å². The second-order valence-electron chi connectivity index (χ2n) is 6.81. The minimum absolute atomic E-state index is 0.00443. The van der Waals surface area contributed by atoms with Gasteiger partial charge in [-0.1, -0.05) is 72.4 Å². The Balaban J connectivity index is 2.26. The van der Waals surface area contributed by atoms with Gasteiger partial charge in [0.25, 0.3) is 0 Å². The Kier molecular flexibility index (Phi) is 9.28. The lowest BCUT2D eigenvalue weighted by Crippen LogP contribution is -2.48. The van der Waals surface area contributed by atoms with Crippen molar-refractivity contribution in [1.82, 2.24) is 10.2 Å². The average Bonchev–Trinajstić information content (AvgIpc) is 2.69. The Morgan fingerprint density at radius 3 is 2.24 bits per heavy atom. The van der Waals surface area contributed by atoms with Gasteiger partial charge in [0.05, 0.1) is 6.42 Å². The molecule has 0 aromatic heterocycles. The number of unbranched alkanes of at least 4 members (excludes halogenated alkanes) is 1. The van der Waals surface area contributed by atoms with E-state index in [9.17, 15) is 9.59 Å². The minimum atomic E-state index is -0.670. The molecule has 0 saturated carbocycles. The van der Waals surface area contributed by atoms with Crippen LogP contribution in [-0.4, -0.2) is 29.3 Å². The van der Waals surface area contributed by atoms with E-state index >= 15 is 0 Å². The molecule has 0 aliphatic rings. The van der Waals surface area contributed by atoms with E-state index in [1.54, 1.807) is 31.2 Å². The van der Waals surface area contributed by atoms with Crippen molar-refractivity contribution in [3.05, 3.63) is 68.7 Å². The van der Waals surface area contributed by atoms with Crippen LogP contribution < -0.4 is 5.32 Å². The lowest BCUT2D eigenvalue weighted by Gasteiger charge is -2.29. The number of benzene rings is 2. The highest BCUT2D eigenvalue weighted by atomic mass is 35.5. The second-order valence-corrected chi connectivity index (χ2v) is 8.03. The summed E-state index contributed by atoms with van der Waals surface area (Å²) in [5.41, 5.74) is 1.31. The maximum atomic E-state index is 13.2. The number of nitrogens with zero attached hydrogens (tertiary/aromatic N) is 1. The molecule has 0 aliphatic carbocycles. The Morgan fingerprint density at radius 2 is 1.62 bits per heavy atom. The highest BCUT2D eigenvalue weighted by Gasteiger charge is 2.27. The van der Waals surface area contributed by atoms with Gasteiger partial charge in [-0.25, -0.2) is 0 Å². The molecule has 2 aromatic rings. The Morgan fingerprint density at radius 1 is 1.00 bits per heavy atom. The maximum Gasteiger partial charge on any atom is 0.242 e. The van der Waals surface area contributed by atoms with Crippen molar-refractivity contribution in [1.29, 1.82) is 0 Å². The molecule has 0 fully saturated rings. The number of nitrogens with one attached hydrogen (secondary N) is 1. The molecule has 0 aliphatic heterocycles. The van der Waals surface area contributed by atoms with E-state index in [-0.39, 0.29) is 24.8 Å². The first-order chi connectivity index (χ1) is 13.8. The molecule has 0 saturated heterocycles. The molecule has 0 spiro atoms. The highest BCUT2D eigenvalue weighted by molar-refractivity contribution is 6.36. The van der Waals surface area contributed by atoms with E-state index in [2.05, 4.69) is 12.2 Å². The molecule has 29 heavy (non-hydrogen) atoms. The number of amides is 2. The van der Waals surface area contributed by atoms with Crippen LogP contribution in [0.1, 0.15) is 37.8 Å². The van der Waals surface area contributed by atoms with Gasteiger partial charge in [-0.2, -0.15) is 0 Å². The maximum absolute atomic E-state index is 13.2. The summed E-state index contributed by atoms with van der Waals surface area (Å²) in [6, 6.07) is 11.7. The summed E-state index contributed by atoms with van der Waals surface area (Å²) in [6.07, 6.45) is 1.85. The van der Waals surface area contributed by atoms with Gasteiger partial charge < -0.3 is 10.2 Å². The molecular formula is C22H25Cl3N2O2. The van der Waals surface area contributed by atoms with Crippen LogP contribution in [-0.2, 0) is 22.6 Å². The van der Waals surface area contributed by atoms with E-state index in [0.29, 0.717) is 27.2 Å². The molecular weight excluding hydrogens is 431 g/mol. The van der Waals surface area contributed by atoms with Crippen molar-refractivity contribution in [2.75, 3.05) is 6.54 Å². The minimum Gasteiger partial charge on any atom is -0.354 e. The third-order valence-corrected chi connectivity index (χ3v) is 5.76. The van der Waals surface area contributed by atoms with Crippen LogP contribution in [0.5, 0.6) is 0 Å². The Labute approximate surface area is 187 Å². The molecule has 1 N–H and O–H groups in total. The van der Waals surface area contributed by atoms with Crippen molar-refractivity contribution >= 4 is 46.6 Å². The fourth-order valence-corrected chi connectivity index (χ4v) is 3.61. The smallest absolute Gasteiger partial charge is 0.242 e. The van der Waals surface area contributed by atoms with Crippen molar-refractivity contribution in [3.8, 4) is 0 Å². The summed E-state index contributed by atoms with van der Waals surface area (Å²) in [4.78, 5) is 27.3. The first-order valence-corrected chi connectivity index (χ1v) is 10.7. The molecule has 1 atom stereocenters. The summed E-state index contributed by atoms with van der Waals surface area (Å²) in [5.74, 6) is -0.456. The lowest BCUT2D eigenvalue weighted by molar-refractivity contribution is -0.140. The fourth-order valence-electron chi connectivity index (χ4n) is 2.88. The summed E-state index contributed by atoms with van der Waals surface area (Å²) >= 11 is 18.8. The number of carbonyl (C=O) groups excluding carboxylic acids is 2. The SMILES string of the molecule is CCCCNC(=O)[C@@H](C)N(Cc1ccccc1Cl)C(=O)Cc1c(Cl)cccc1Cl. The largest absolute Gasteiger partial charge is 0.354 e. The van der Waals surface area contributed by atoms with Crippen molar-refractivity contribution in [2.45, 2.75) is 45.7 Å². The number of halogens is 3. The summed E-state index contributed by atoms with van der Waals surface area (Å²) in [7, 11) is 0. The van der Waals surface area contributed by atoms with Crippen LogP contribution in [0.4, 0.5) is 0 Å². The Bertz CT molecular complexity index is 837. The van der Waals surface area contributed by atoms with Crippen LogP contribution in [0.3, 0.4) is 0 Å². The molecule has 7 heteroatoms. The predicted octanol–water partition coefficient (Wildman–Crippen LogP) is 5.52. The third kappa shape index (κ3) is 6.63. The zero-order valence-corrected chi connectivity index (χ0v) is 18.8. The molecule has 4 nitrogen and oxygen atoms in total. The topological polar surface area (TPSA) is 49.4 Å². The molecule has 156 valence electrons. The highest BCUT2D eigenvalue weighted by Crippen LogP contribution is 2.26. The Hall–Kier alpha value is -1.75. The fraction of sp³-hybridized carbons (Fsp3) is 0.364. The molecule has 0 bridgehead atoms. The third-order valence-electron chi connectivity index (χ3n) is 4.69. The van der Waals surface area contributed by atoms with E-state index in [1.165, 1.54) is 4.90 Å². The van der Waals surface area contributed by atoms with Gasteiger partial charge in [0, 0.05) is 28.2 Å². The standard InChI is InChI=1S/C22H25Cl3N2O2/c1-3-4-12-26-22(29)15(2)27(14-16-8-5-6-9-18(16)23)21(28)13-17-19(24)10-7-11-20(17)25/h5-11,15H,3-4,12-14H2,1-2H3,(H,26,29)/t15-/m1/s1. The van der Waals surface area contributed by atoms with Crippen molar-refractivity contribution < 1.29 is 9.59 Å². The molecule has 0 unspecified atom stereocenters. The van der Waals surface area contributed by atoms with Crippen LogP contribution in [0.25, 0.3) is 0 Å². The molecule has 2 aromatic carbocycles. The van der Waals surface area contributed by atoms with Gasteiger partial charge in [-0.15, -0.1) is 0 Å². The van der Waals surface area contributed by atoms with Gasteiger partial charge >= 0.3 is 0 Å². The van der Waals surface area contributed by atoms with Crippen LogP contribution in [0.15, 0.2) is 42.5 Å². The van der Waals surface area contributed by atoms with E-state index in [1.807, 2.05) is 18.2 Å². The number of rotatable bonds is 9. The number of hydrogen-bond donors (Lipinski definition) is 1. The van der Waals surface area contributed by atoms with Gasteiger partial charge in [0.1, 0.15) is 6.04 Å². The first-order valence-electron chi connectivity index (χ1n) is 9.58. The first kappa shape index (κ1) is 23.5. The second kappa shape index (κ2) is 11.4. The van der Waals surface area contributed by atoms with Gasteiger partial charge in [0.15, 0.2) is 0 Å². The monoisotopic (exact) mass is 454 g/mol. The summed E-state index contributed by atoms with van der Waals surface area (Å²) < 4.78 is 0. The zero-order chi connectivity index (χ0) is 21.4. The molecule has 2 rings (SSSR count). The average molecular weight is 456 g/mol. The quantitative estimate of drug-likeness (QED) is 0.506. The number of carbonyl (C=O) groups is 2. The number of hydrogen-bond acceptors (Lipinski definition) is 2. The van der Waals surface area contributed by atoms with E-state index in [4.69, 9.17) is 34.8 Å². The molecule has 0 heterocycles. The zero-order valence-electron chi connectivity index (χ0n) is 16.6. The molecule has 0 radical (unpaired) electrons. The van der Waals surface area contributed by atoms with Gasteiger partial charge in [0.2, 0.25) is 11.8 Å². The van der Waals surface area contributed by atoms with E-state index in [0.717, 1.165) is 18.4 Å².